The second-order valence-corrected chi connectivity index (χ2v) is 2.67. The number of carbonyl (C=O) groups is 2. The van der Waals surface area contributed by atoms with Crippen molar-refractivity contribution in [3.63, 3.8) is 0 Å². The van der Waals surface area contributed by atoms with Crippen LogP contribution in [0.2, 0.25) is 0 Å². The number of aliphatic hydroxyl groups excluding tert-OH is 1. The normalized spacial score (nSPS) is 11.4. The molecule has 0 fully saturated rings. The van der Waals surface area contributed by atoms with Gasteiger partial charge in [-0.1, -0.05) is 0 Å². The van der Waals surface area contributed by atoms with Crippen LogP contribution in [0.25, 0.3) is 0 Å². The molecule has 0 radical (unpaired) electrons. The van der Waals surface area contributed by atoms with Crippen molar-refractivity contribution in [1.82, 2.24) is 5.32 Å². The van der Waals surface area contributed by atoms with Crippen molar-refractivity contribution in [3.05, 3.63) is 0 Å². The molecule has 1 atom stereocenters. The molecule has 0 rings (SSSR count). The average Bonchev–Trinajstić information content (AvgIpc) is 2.14. The fraction of sp³-hybridized carbons (Fsp3) is 0.556. The molecular weight excluding hydrogens is 186 g/mol. The predicted molar refractivity (Wildman–Crippen MR) is 49.3 cm³/mol. The van der Waals surface area contributed by atoms with Gasteiger partial charge in [0, 0.05) is 25.9 Å². The fourth-order valence-corrected chi connectivity index (χ4v) is 0.839. The highest BCUT2D eigenvalue weighted by Crippen LogP contribution is 1.94. The molecule has 0 aromatic rings. The van der Waals surface area contributed by atoms with Gasteiger partial charge in [0.2, 0.25) is 5.91 Å². The molecule has 0 aliphatic carbocycles. The minimum Gasteiger partial charge on any atom is -0.480 e. The molecule has 0 spiro atoms. The molecule has 0 saturated carbocycles. The molecule has 0 saturated heterocycles. The van der Waals surface area contributed by atoms with Crippen LogP contribution in [0.5, 0.6) is 0 Å². The van der Waals surface area contributed by atoms with E-state index in [4.69, 9.17) is 16.6 Å². The Labute approximate surface area is 82.1 Å². The lowest BCUT2D eigenvalue weighted by atomic mass is 10.2. The maximum atomic E-state index is 11.0. The molecule has 5 nitrogen and oxygen atoms in total. The summed E-state index contributed by atoms with van der Waals surface area (Å²) in [4.78, 5) is 21.6. The Morgan fingerprint density at radius 2 is 2.14 bits per heavy atom. The number of carboxylic acid groups (broad SMARTS) is 1. The topological polar surface area (TPSA) is 86.6 Å². The van der Waals surface area contributed by atoms with E-state index in [-0.39, 0.29) is 25.9 Å². The molecule has 0 bridgehead atoms. The smallest absolute Gasteiger partial charge is 0.326 e. The summed E-state index contributed by atoms with van der Waals surface area (Å²) in [6.45, 7) is -0.285. The van der Waals surface area contributed by atoms with Gasteiger partial charge in [0.15, 0.2) is 0 Å². The molecule has 0 aliphatic rings. The summed E-state index contributed by atoms with van der Waals surface area (Å²) in [5, 5.41) is 19.4. The highest BCUT2D eigenvalue weighted by atomic mass is 16.4. The van der Waals surface area contributed by atoms with E-state index < -0.39 is 17.9 Å². The van der Waals surface area contributed by atoms with Gasteiger partial charge >= 0.3 is 5.97 Å². The lowest BCUT2D eigenvalue weighted by Gasteiger charge is -2.12. The number of hydrogen-bond acceptors (Lipinski definition) is 3. The maximum absolute atomic E-state index is 11.0. The first-order valence-corrected chi connectivity index (χ1v) is 4.18. The molecule has 1 amide bonds. The Hall–Kier alpha value is -1.54. The van der Waals surface area contributed by atoms with Gasteiger partial charge in [0.1, 0.15) is 6.04 Å². The molecule has 0 aromatic heterocycles. The standard InChI is InChI=1S/C9H13NO4/c1-2-3-4-8(12)10-7(5-6-11)9(13)14/h1,7,11H,3-6H2,(H,10,12)(H,13,14)/t7-/m1/s1. The van der Waals surface area contributed by atoms with E-state index in [9.17, 15) is 9.59 Å². The van der Waals surface area contributed by atoms with Crippen LogP contribution in [0.1, 0.15) is 19.3 Å². The van der Waals surface area contributed by atoms with Gasteiger partial charge in [-0.05, 0) is 0 Å². The molecule has 0 unspecified atom stereocenters. The van der Waals surface area contributed by atoms with Crippen LogP contribution in [-0.2, 0) is 9.59 Å². The van der Waals surface area contributed by atoms with Crippen molar-refractivity contribution in [2.75, 3.05) is 6.61 Å². The van der Waals surface area contributed by atoms with E-state index in [1.54, 1.807) is 0 Å². The number of carbonyl (C=O) groups excluding carboxylic acids is 1. The second kappa shape index (κ2) is 6.92. The Morgan fingerprint density at radius 1 is 1.50 bits per heavy atom. The summed E-state index contributed by atoms with van der Waals surface area (Å²) >= 11 is 0. The number of aliphatic carboxylic acids is 1. The minimum atomic E-state index is -1.16. The van der Waals surface area contributed by atoms with Crippen LogP contribution in [-0.4, -0.2) is 34.7 Å². The molecule has 3 N–H and O–H groups in total. The monoisotopic (exact) mass is 199 g/mol. The Bertz CT molecular complexity index is 244. The van der Waals surface area contributed by atoms with Gasteiger partial charge in [-0.25, -0.2) is 4.79 Å². The first-order valence-electron chi connectivity index (χ1n) is 4.18. The fourth-order valence-electron chi connectivity index (χ4n) is 0.839. The molecule has 78 valence electrons. The van der Waals surface area contributed by atoms with Crippen LogP contribution in [0.4, 0.5) is 0 Å². The number of carboxylic acids is 1. The lowest BCUT2D eigenvalue weighted by Crippen LogP contribution is -2.41. The van der Waals surface area contributed by atoms with Crippen LogP contribution < -0.4 is 5.32 Å². The number of terminal acetylenes is 1. The van der Waals surface area contributed by atoms with Gasteiger partial charge in [-0.15, -0.1) is 12.3 Å². The third kappa shape index (κ3) is 5.17. The van der Waals surface area contributed by atoms with Crippen molar-refractivity contribution in [2.24, 2.45) is 0 Å². The van der Waals surface area contributed by atoms with Crippen molar-refractivity contribution in [1.29, 1.82) is 0 Å². The summed E-state index contributed by atoms with van der Waals surface area (Å²) in [6.07, 6.45) is 5.31. The molecule has 14 heavy (non-hydrogen) atoms. The van der Waals surface area contributed by atoms with E-state index in [1.807, 2.05) is 0 Å². The van der Waals surface area contributed by atoms with Crippen LogP contribution >= 0.6 is 0 Å². The van der Waals surface area contributed by atoms with E-state index in [1.165, 1.54) is 0 Å². The van der Waals surface area contributed by atoms with Gasteiger partial charge in [0.25, 0.3) is 0 Å². The molecule has 5 heteroatoms. The van der Waals surface area contributed by atoms with Gasteiger partial charge < -0.3 is 15.5 Å². The molecule has 0 aromatic carbocycles. The van der Waals surface area contributed by atoms with E-state index in [0.717, 1.165) is 0 Å². The minimum absolute atomic E-state index is 0.00285. The second-order valence-electron chi connectivity index (χ2n) is 2.67. The van der Waals surface area contributed by atoms with E-state index in [2.05, 4.69) is 11.2 Å². The number of rotatable bonds is 6. The summed E-state index contributed by atoms with van der Waals surface area (Å²) < 4.78 is 0. The largest absolute Gasteiger partial charge is 0.480 e. The van der Waals surface area contributed by atoms with E-state index >= 15 is 0 Å². The number of aliphatic hydroxyl groups is 1. The first-order chi connectivity index (χ1) is 6.61. The number of hydrogen-bond donors (Lipinski definition) is 3. The van der Waals surface area contributed by atoms with Crippen LogP contribution in [0.3, 0.4) is 0 Å². The van der Waals surface area contributed by atoms with Gasteiger partial charge in [-0.3, -0.25) is 4.79 Å². The number of amides is 1. The quantitative estimate of drug-likeness (QED) is 0.496. The average molecular weight is 199 g/mol. The zero-order valence-corrected chi connectivity index (χ0v) is 7.69. The molecule has 0 aliphatic heterocycles. The Morgan fingerprint density at radius 3 is 2.57 bits per heavy atom. The van der Waals surface area contributed by atoms with Crippen molar-refractivity contribution < 1.29 is 19.8 Å². The summed E-state index contributed by atoms with van der Waals surface area (Å²) in [7, 11) is 0. The van der Waals surface area contributed by atoms with Crippen LogP contribution in [0.15, 0.2) is 0 Å². The highest BCUT2D eigenvalue weighted by Gasteiger charge is 2.18. The summed E-state index contributed by atoms with van der Waals surface area (Å²) in [5.41, 5.74) is 0. The lowest BCUT2D eigenvalue weighted by molar-refractivity contribution is -0.142. The summed E-state index contributed by atoms with van der Waals surface area (Å²) in [5.74, 6) is 0.703. The van der Waals surface area contributed by atoms with Gasteiger partial charge in [-0.2, -0.15) is 0 Å². The number of nitrogens with one attached hydrogen (secondary N) is 1. The van der Waals surface area contributed by atoms with Crippen LogP contribution in [0, 0.1) is 12.3 Å². The van der Waals surface area contributed by atoms with Crippen molar-refractivity contribution >= 4 is 11.9 Å². The highest BCUT2D eigenvalue weighted by molar-refractivity contribution is 5.83. The summed E-state index contributed by atoms with van der Waals surface area (Å²) in [6, 6.07) is -1.04. The Balaban J connectivity index is 3.97. The van der Waals surface area contributed by atoms with Crippen molar-refractivity contribution in [2.45, 2.75) is 25.3 Å². The predicted octanol–water partition coefficient (Wildman–Crippen LogP) is -0.648. The Kier molecular flexibility index (Phi) is 6.16. The zero-order valence-electron chi connectivity index (χ0n) is 7.69. The van der Waals surface area contributed by atoms with Crippen molar-refractivity contribution in [3.8, 4) is 12.3 Å². The SMILES string of the molecule is C#CCCC(=O)N[C@H](CCO)C(=O)O. The third-order valence-corrected chi connectivity index (χ3v) is 1.55. The third-order valence-electron chi connectivity index (χ3n) is 1.55. The maximum Gasteiger partial charge on any atom is 0.326 e. The first kappa shape index (κ1) is 12.5. The van der Waals surface area contributed by atoms with Gasteiger partial charge in [0.05, 0.1) is 0 Å². The molecule has 0 heterocycles. The van der Waals surface area contributed by atoms with E-state index in [0.29, 0.717) is 0 Å². The molecular formula is C9H13NO4. The zero-order chi connectivity index (χ0) is 11.0.